The first-order valence-electron chi connectivity index (χ1n) is 9.54. The average molecular weight is 384 g/mol. The SMILES string of the molecule is COCCc1noc([C@@H]2CCCN(C(=O)NCc3cc4ccccc4o3)C2)n1. The Hall–Kier alpha value is -2.87. The number of hydrogen-bond donors (Lipinski definition) is 1. The van der Waals surface area contributed by atoms with Crippen LogP contribution in [0.2, 0.25) is 0 Å². The first-order valence-corrected chi connectivity index (χ1v) is 9.54. The summed E-state index contributed by atoms with van der Waals surface area (Å²) < 4.78 is 16.2. The van der Waals surface area contributed by atoms with Gasteiger partial charge in [-0.3, -0.25) is 0 Å². The van der Waals surface area contributed by atoms with Crippen molar-refractivity contribution in [2.75, 3.05) is 26.8 Å². The molecule has 1 aliphatic rings. The zero-order chi connectivity index (χ0) is 19.3. The van der Waals surface area contributed by atoms with E-state index < -0.39 is 0 Å². The van der Waals surface area contributed by atoms with Crippen LogP contribution in [0, 0.1) is 0 Å². The predicted octanol–water partition coefficient (Wildman–Crippen LogP) is 3.09. The van der Waals surface area contributed by atoms with Crippen LogP contribution < -0.4 is 5.32 Å². The van der Waals surface area contributed by atoms with Gasteiger partial charge in [0.05, 0.1) is 19.1 Å². The second kappa shape index (κ2) is 8.43. The monoisotopic (exact) mass is 384 g/mol. The number of furan rings is 1. The molecule has 1 aliphatic heterocycles. The van der Waals surface area contributed by atoms with Gasteiger partial charge in [-0.2, -0.15) is 4.98 Å². The molecular formula is C20H24N4O4. The van der Waals surface area contributed by atoms with Crippen LogP contribution >= 0.6 is 0 Å². The molecule has 1 fully saturated rings. The third kappa shape index (κ3) is 4.17. The van der Waals surface area contributed by atoms with Gasteiger partial charge in [-0.25, -0.2) is 4.79 Å². The van der Waals surface area contributed by atoms with Crippen LogP contribution in [0.5, 0.6) is 0 Å². The minimum absolute atomic E-state index is 0.0643. The molecular weight excluding hydrogens is 360 g/mol. The smallest absolute Gasteiger partial charge is 0.317 e. The van der Waals surface area contributed by atoms with Gasteiger partial charge in [0, 0.05) is 32.0 Å². The van der Waals surface area contributed by atoms with Crippen LogP contribution in [0.3, 0.4) is 0 Å². The number of urea groups is 1. The predicted molar refractivity (Wildman–Crippen MR) is 102 cm³/mol. The highest BCUT2D eigenvalue weighted by atomic mass is 16.5. The van der Waals surface area contributed by atoms with E-state index in [0.29, 0.717) is 44.4 Å². The van der Waals surface area contributed by atoms with Gasteiger partial charge in [0.25, 0.3) is 0 Å². The Balaban J connectivity index is 1.33. The summed E-state index contributed by atoms with van der Waals surface area (Å²) in [5, 5.41) is 7.98. The van der Waals surface area contributed by atoms with E-state index in [9.17, 15) is 4.79 Å². The first kappa shape index (κ1) is 18.5. The van der Waals surface area contributed by atoms with Crippen molar-refractivity contribution in [1.82, 2.24) is 20.4 Å². The summed E-state index contributed by atoms with van der Waals surface area (Å²) in [6, 6.07) is 9.65. The summed E-state index contributed by atoms with van der Waals surface area (Å²) in [5.74, 6) is 2.04. The Morgan fingerprint density at radius 3 is 3.14 bits per heavy atom. The molecule has 8 nitrogen and oxygen atoms in total. The number of para-hydroxylation sites is 1. The normalized spacial score (nSPS) is 17.2. The molecule has 0 radical (unpaired) electrons. The molecule has 0 spiro atoms. The van der Waals surface area contributed by atoms with Gasteiger partial charge in [-0.1, -0.05) is 23.4 Å². The topological polar surface area (TPSA) is 93.6 Å². The number of hydrogen-bond acceptors (Lipinski definition) is 6. The van der Waals surface area contributed by atoms with E-state index in [4.69, 9.17) is 13.7 Å². The molecule has 3 heterocycles. The maximum Gasteiger partial charge on any atom is 0.317 e. The Kier molecular flexibility index (Phi) is 5.57. The number of nitrogens with one attached hydrogen (secondary N) is 1. The molecule has 2 aromatic heterocycles. The number of amides is 2. The maximum absolute atomic E-state index is 12.6. The van der Waals surface area contributed by atoms with Crippen molar-refractivity contribution in [2.24, 2.45) is 0 Å². The molecule has 3 aromatic rings. The summed E-state index contributed by atoms with van der Waals surface area (Å²) in [4.78, 5) is 18.9. The number of fused-ring (bicyclic) bond motifs is 1. The molecule has 28 heavy (non-hydrogen) atoms. The molecule has 4 rings (SSSR count). The van der Waals surface area contributed by atoms with Gasteiger partial charge >= 0.3 is 6.03 Å². The highest BCUT2D eigenvalue weighted by Crippen LogP contribution is 2.26. The van der Waals surface area contributed by atoms with Crippen molar-refractivity contribution in [2.45, 2.75) is 31.7 Å². The lowest BCUT2D eigenvalue weighted by Gasteiger charge is -2.30. The van der Waals surface area contributed by atoms with Crippen LogP contribution in [-0.2, 0) is 17.7 Å². The fourth-order valence-electron chi connectivity index (χ4n) is 3.49. The minimum Gasteiger partial charge on any atom is -0.459 e. The average Bonchev–Trinajstić information content (AvgIpc) is 3.37. The number of ether oxygens (including phenoxy) is 1. The van der Waals surface area contributed by atoms with Crippen molar-refractivity contribution in [3.05, 3.63) is 47.8 Å². The van der Waals surface area contributed by atoms with Gasteiger partial charge in [0.1, 0.15) is 11.3 Å². The zero-order valence-corrected chi connectivity index (χ0v) is 15.9. The van der Waals surface area contributed by atoms with Crippen molar-refractivity contribution >= 4 is 17.0 Å². The third-order valence-corrected chi connectivity index (χ3v) is 4.96. The molecule has 1 N–H and O–H groups in total. The molecule has 1 atom stereocenters. The number of aromatic nitrogens is 2. The summed E-state index contributed by atoms with van der Waals surface area (Å²) >= 11 is 0. The number of likely N-dealkylation sites (tertiary alicyclic amines) is 1. The van der Waals surface area contributed by atoms with Crippen LogP contribution in [0.4, 0.5) is 4.79 Å². The minimum atomic E-state index is -0.107. The highest BCUT2D eigenvalue weighted by Gasteiger charge is 2.28. The lowest BCUT2D eigenvalue weighted by molar-refractivity contribution is 0.171. The standard InChI is InChI=1S/C20H24N4O4/c1-26-10-8-18-22-19(28-23-18)15-6-4-9-24(13-15)20(25)21-12-16-11-14-5-2-3-7-17(14)27-16/h2-3,5,7,11,15H,4,6,8-10,12-13H2,1H3,(H,21,25)/t15-/m1/s1. The lowest BCUT2D eigenvalue weighted by atomic mass is 9.98. The molecule has 2 amide bonds. The molecule has 1 aromatic carbocycles. The molecule has 1 saturated heterocycles. The van der Waals surface area contributed by atoms with Gasteiger partial charge in [-0.15, -0.1) is 0 Å². The van der Waals surface area contributed by atoms with Crippen LogP contribution in [0.25, 0.3) is 11.0 Å². The number of benzene rings is 1. The Labute approximate surface area is 162 Å². The first-order chi connectivity index (χ1) is 13.7. The van der Waals surface area contributed by atoms with Gasteiger partial charge in [-0.05, 0) is 25.0 Å². The van der Waals surface area contributed by atoms with E-state index in [2.05, 4.69) is 15.5 Å². The van der Waals surface area contributed by atoms with E-state index in [1.165, 1.54) is 0 Å². The molecule has 0 unspecified atom stereocenters. The van der Waals surface area contributed by atoms with E-state index >= 15 is 0 Å². The fraction of sp³-hybridized carbons (Fsp3) is 0.450. The van der Waals surface area contributed by atoms with Crippen molar-refractivity contribution in [3.8, 4) is 0 Å². The van der Waals surface area contributed by atoms with E-state index in [1.54, 1.807) is 12.0 Å². The fourth-order valence-corrected chi connectivity index (χ4v) is 3.49. The summed E-state index contributed by atoms with van der Waals surface area (Å²) in [6.07, 6.45) is 2.45. The molecule has 0 saturated carbocycles. The van der Waals surface area contributed by atoms with Crippen LogP contribution in [0.15, 0.2) is 39.3 Å². The quantitative estimate of drug-likeness (QED) is 0.702. The third-order valence-electron chi connectivity index (χ3n) is 4.96. The number of carbonyl (C=O) groups excluding carboxylic acids is 1. The number of piperidine rings is 1. The van der Waals surface area contributed by atoms with E-state index in [1.807, 2.05) is 30.3 Å². The van der Waals surface area contributed by atoms with E-state index in [0.717, 1.165) is 29.6 Å². The Bertz CT molecular complexity index is 902. The lowest BCUT2D eigenvalue weighted by Crippen LogP contribution is -2.44. The van der Waals surface area contributed by atoms with E-state index in [-0.39, 0.29) is 11.9 Å². The summed E-state index contributed by atoms with van der Waals surface area (Å²) in [6.45, 7) is 2.20. The molecule has 0 bridgehead atoms. The van der Waals surface area contributed by atoms with Crippen molar-refractivity contribution in [1.29, 1.82) is 0 Å². The van der Waals surface area contributed by atoms with Gasteiger partial charge < -0.3 is 23.9 Å². The number of rotatable bonds is 6. The summed E-state index contributed by atoms with van der Waals surface area (Å²) in [5.41, 5.74) is 0.824. The largest absolute Gasteiger partial charge is 0.459 e. The van der Waals surface area contributed by atoms with Crippen LogP contribution in [0.1, 0.15) is 36.2 Å². The Morgan fingerprint density at radius 1 is 1.39 bits per heavy atom. The molecule has 0 aliphatic carbocycles. The summed E-state index contributed by atoms with van der Waals surface area (Å²) in [7, 11) is 1.64. The Morgan fingerprint density at radius 2 is 2.29 bits per heavy atom. The van der Waals surface area contributed by atoms with Crippen LogP contribution in [-0.4, -0.2) is 47.9 Å². The molecule has 148 valence electrons. The van der Waals surface area contributed by atoms with Crippen molar-refractivity contribution in [3.63, 3.8) is 0 Å². The van der Waals surface area contributed by atoms with Gasteiger partial charge in [0.15, 0.2) is 5.82 Å². The number of nitrogens with zero attached hydrogens (tertiary/aromatic N) is 3. The zero-order valence-electron chi connectivity index (χ0n) is 15.9. The maximum atomic E-state index is 12.6. The number of carbonyl (C=O) groups is 1. The highest BCUT2D eigenvalue weighted by molar-refractivity contribution is 5.78. The van der Waals surface area contributed by atoms with Crippen molar-refractivity contribution < 1.29 is 18.5 Å². The second-order valence-electron chi connectivity index (χ2n) is 6.99. The van der Waals surface area contributed by atoms with Gasteiger partial charge in [0.2, 0.25) is 5.89 Å². The second-order valence-corrected chi connectivity index (χ2v) is 6.99. The number of methoxy groups -OCH3 is 1. The molecule has 8 heteroatoms.